The number of carbonyl (C=O) groups is 1. The van der Waals surface area contributed by atoms with Crippen LogP contribution >= 0.6 is 35.8 Å². The van der Waals surface area contributed by atoms with E-state index in [2.05, 4.69) is 24.9 Å². The molecule has 0 saturated heterocycles. The average molecular weight is 392 g/mol. The first-order chi connectivity index (χ1) is 11.3. The number of thiol groups is 1. The fourth-order valence-corrected chi connectivity index (χ4v) is 4.38. The smallest absolute Gasteiger partial charge is 0.224 e. The minimum absolute atomic E-state index is 0.110. The van der Waals surface area contributed by atoms with E-state index in [4.69, 9.17) is 23.2 Å². The van der Waals surface area contributed by atoms with Gasteiger partial charge in [-0.1, -0.05) is 49.9 Å². The van der Waals surface area contributed by atoms with Crippen molar-refractivity contribution >= 4 is 41.7 Å². The van der Waals surface area contributed by atoms with Gasteiger partial charge in [0, 0.05) is 17.2 Å². The SMILES string of the molecule is CC[C@H](CS)C(=O)NC(c1c(F)ccc(Cl)c1Cl)C1(C)CCCC1. The number of rotatable bonds is 6. The van der Waals surface area contributed by atoms with Crippen molar-refractivity contribution in [3.05, 3.63) is 33.6 Å². The number of carbonyl (C=O) groups excluding carboxylic acids is 1. The molecule has 1 saturated carbocycles. The number of hydrogen-bond acceptors (Lipinski definition) is 2. The Morgan fingerprint density at radius 2 is 2.00 bits per heavy atom. The van der Waals surface area contributed by atoms with Gasteiger partial charge in [-0.15, -0.1) is 0 Å². The van der Waals surface area contributed by atoms with Crippen LogP contribution in [0.15, 0.2) is 12.1 Å². The fraction of sp³-hybridized carbons (Fsp3) is 0.611. The Bertz CT molecular complexity index is 601. The van der Waals surface area contributed by atoms with Gasteiger partial charge in [-0.25, -0.2) is 4.39 Å². The summed E-state index contributed by atoms with van der Waals surface area (Å²) in [4.78, 5) is 12.6. The monoisotopic (exact) mass is 391 g/mol. The number of halogens is 3. The van der Waals surface area contributed by atoms with Crippen LogP contribution in [-0.4, -0.2) is 11.7 Å². The summed E-state index contributed by atoms with van der Waals surface area (Å²) >= 11 is 16.7. The molecule has 1 fully saturated rings. The molecule has 1 amide bonds. The zero-order valence-corrected chi connectivity index (χ0v) is 16.4. The van der Waals surface area contributed by atoms with Crippen molar-refractivity contribution in [1.82, 2.24) is 5.32 Å². The van der Waals surface area contributed by atoms with E-state index in [1.807, 2.05) is 6.92 Å². The summed E-state index contributed by atoms with van der Waals surface area (Å²) in [7, 11) is 0. The van der Waals surface area contributed by atoms with Crippen molar-refractivity contribution in [2.45, 2.75) is 52.0 Å². The second-order valence-electron chi connectivity index (χ2n) is 6.85. The fourth-order valence-electron chi connectivity index (χ4n) is 3.53. The lowest BCUT2D eigenvalue weighted by Crippen LogP contribution is -2.42. The maximum absolute atomic E-state index is 14.6. The van der Waals surface area contributed by atoms with Gasteiger partial charge in [0.15, 0.2) is 0 Å². The molecule has 0 aromatic heterocycles. The van der Waals surface area contributed by atoms with Crippen LogP contribution in [0.3, 0.4) is 0 Å². The highest BCUT2D eigenvalue weighted by atomic mass is 35.5. The van der Waals surface area contributed by atoms with E-state index >= 15 is 0 Å². The van der Waals surface area contributed by atoms with Gasteiger partial charge in [0.2, 0.25) is 5.91 Å². The third-order valence-corrected chi connectivity index (χ3v) is 6.44. The van der Waals surface area contributed by atoms with Gasteiger partial charge in [0.1, 0.15) is 5.82 Å². The normalized spacial score (nSPS) is 19.1. The number of benzene rings is 1. The standard InChI is InChI=1S/C18H24Cl2FNOS/c1-3-11(10-24)17(23)22-16(18(2)8-4-5-9-18)14-13(21)7-6-12(19)15(14)20/h6-7,11,16,24H,3-5,8-10H2,1-2H3,(H,22,23)/t11-,16?/m1/s1. The lowest BCUT2D eigenvalue weighted by atomic mass is 9.76. The molecule has 6 heteroatoms. The topological polar surface area (TPSA) is 29.1 Å². The Morgan fingerprint density at radius 1 is 1.38 bits per heavy atom. The van der Waals surface area contributed by atoms with E-state index in [0.29, 0.717) is 22.8 Å². The summed E-state index contributed by atoms with van der Waals surface area (Å²) in [5.74, 6) is -0.290. The Balaban J connectivity index is 2.45. The van der Waals surface area contributed by atoms with E-state index < -0.39 is 11.9 Å². The second-order valence-corrected chi connectivity index (χ2v) is 8.00. The molecule has 0 radical (unpaired) electrons. The van der Waals surface area contributed by atoms with Gasteiger partial charge in [-0.05, 0) is 36.8 Å². The summed E-state index contributed by atoms with van der Waals surface area (Å²) in [6.45, 7) is 4.03. The summed E-state index contributed by atoms with van der Waals surface area (Å²) < 4.78 is 14.6. The van der Waals surface area contributed by atoms with Crippen LogP contribution in [0.2, 0.25) is 10.0 Å². The minimum Gasteiger partial charge on any atom is -0.348 e. The number of hydrogen-bond donors (Lipinski definition) is 2. The molecule has 0 aliphatic heterocycles. The zero-order valence-electron chi connectivity index (χ0n) is 14.0. The molecule has 1 unspecified atom stereocenters. The molecule has 0 spiro atoms. The highest BCUT2D eigenvalue weighted by molar-refractivity contribution is 7.80. The van der Waals surface area contributed by atoms with E-state index in [1.54, 1.807) is 0 Å². The molecule has 0 heterocycles. The highest BCUT2D eigenvalue weighted by Crippen LogP contribution is 2.50. The highest BCUT2D eigenvalue weighted by Gasteiger charge is 2.41. The molecule has 1 aliphatic carbocycles. The Morgan fingerprint density at radius 3 is 2.54 bits per heavy atom. The van der Waals surface area contributed by atoms with Gasteiger partial charge in [0.25, 0.3) is 0 Å². The molecule has 2 nitrogen and oxygen atoms in total. The van der Waals surface area contributed by atoms with Crippen LogP contribution in [0.4, 0.5) is 4.39 Å². The average Bonchev–Trinajstić information content (AvgIpc) is 2.99. The van der Waals surface area contributed by atoms with Gasteiger partial charge >= 0.3 is 0 Å². The van der Waals surface area contributed by atoms with E-state index in [0.717, 1.165) is 25.7 Å². The van der Waals surface area contributed by atoms with Gasteiger partial charge in [-0.2, -0.15) is 12.6 Å². The number of nitrogens with one attached hydrogen (secondary N) is 1. The molecule has 1 aliphatic rings. The van der Waals surface area contributed by atoms with Crippen LogP contribution in [0.1, 0.15) is 57.6 Å². The third-order valence-electron chi connectivity index (χ3n) is 5.18. The van der Waals surface area contributed by atoms with Crippen LogP contribution in [0.5, 0.6) is 0 Å². The lowest BCUT2D eigenvalue weighted by molar-refractivity contribution is -0.126. The Kier molecular flexibility index (Phi) is 6.86. The molecule has 0 bridgehead atoms. The molecule has 1 aromatic carbocycles. The molecule has 2 rings (SSSR count). The van der Waals surface area contributed by atoms with Crippen molar-refractivity contribution in [2.75, 3.05) is 5.75 Å². The zero-order chi connectivity index (χ0) is 17.9. The summed E-state index contributed by atoms with van der Waals surface area (Å²) in [5, 5.41) is 3.55. The van der Waals surface area contributed by atoms with Crippen LogP contribution in [0, 0.1) is 17.2 Å². The first-order valence-corrected chi connectivity index (χ1v) is 9.77. The molecule has 24 heavy (non-hydrogen) atoms. The van der Waals surface area contributed by atoms with Crippen molar-refractivity contribution in [1.29, 1.82) is 0 Å². The number of amides is 1. The van der Waals surface area contributed by atoms with Crippen LogP contribution in [-0.2, 0) is 4.79 Å². The van der Waals surface area contributed by atoms with Crippen LogP contribution < -0.4 is 5.32 Å². The first-order valence-electron chi connectivity index (χ1n) is 8.38. The maximum atomic E-state index is 14.6. The van der Waals surface area contributed by atoms with Crippen molar-refractivity contribution in [2.24, 2.45) is 11.3 Å². The van der Waals surface area contributed by atoms with E-state index in [9.17, 15) is 9.18 Å². The quantitative estimate of drug-likeness (QED) is 0.463. The van der Waals surface area contributed by atoms with Crippen molar-refractivity contribution in [3.8, 4) is 0 Å². The minimum atomic E-state index is -0.493. The molecule has 134 valence electrons. The summed E-state index contributed by atoms with van der Waals surface area (Å²) in [6.07, 6.45) is 4.64. The second kappa shape index (κ2) is 8.29. The Labute approximate surface area is 158 Å². The van der Waals surface area contributed by atoms with Crippen molar-refractivity contribution < 1.29 is 9.18 Å². The first kappa shape index (κ1) is 19.9. The van der Waals surface area contributed by atoms with Crippen molar-refractivity contribution in [3.63, 3.8) is 0 Å². The molecular formula is C18H24Cl2FNOS. The van der Waals surface area contributed by atoms with Gasteiger partial charge in [0.05, 0.1) is 16.1 Å². The lowest BCUT2D eigenvalue weighted by Gasteiger charge is -2.36. The summed E-state index contributed by atoms with van der Waals surface area (Å²) in [5.41, 5.74) is 0.0654. The summed E-state index contributed by atoms with van der Waals surface area (Å²) in [6, 6.07) is 2.27. The molecule has 1 N–H and O–H groups in total. The predicted molar refractivity (Wildman–Crippen MR) is 102 cm³/mol. The molecular weight excluding hydrogens is 368 g/mol. The van der Waals surface area contributed by atoms with Gasteiger partial charge in [-0.3, -0.25) is 4.79 Å². The van der Waals surface area contributed by atoms with E-state index in [1.165, 1.54) is 12.1 Å². The molecule has 2 atom stereocenters. The van der Waals surface area contributed by atoms with Crippen LogP contribution in [0.25, 0.3) is 0 Å². The van der Waals surface area contributed by atoms with Gasteiger partial charge < -0.3 is 5.32 Å². The van der Waals surface area contributed by atoms with E-state index in [-0.39, 0.29) is 22.3 Å². The third kappa shape index (κ3) is 4.03. The maximum Gasteiger partial charge on any atom is 0.224 e. The largest absolute Gasteiger partial charge is 0.348 e. The molecule has 1 aromatic rings. The Hall–Kier alpha value is -0.450. The predicted octanol–water partition coefficient (Wildman–Crippen LogP) is 5.83.